The van der Waals surface area contributed by atoms with Crippen LogP contribution in [-0.2, 0) is 4.74 Å². The number of ether oxygens (including phenoxy) is 1. The molecular weight excluding hydrogens is 148 g/mol. The topological polar surface area (TPSA) is 9.23 Å². The van der Waals surface area contributed by atoms with Gasteiger partial charge in [-0.2, -0.15) is 0 Å². The lowest BCUT2D eigenvalue weighted by Gasteiger charge is -2.36. The van der Waals surface area contributed by atoms with Crippen molar-refractivity contribution >= 4 is 0 Å². The maximum absolute atomic E-state index is 5.48. The predicted molar refractivity (Wildman–Crippen MR) is 52.2 cm³/mol. The van der Waals surface area contributed by atoms with Crippen LogP contribution in [0.5, 0.6) is 0 Å². The molecule has 0 amide bonds. The predicted octanol–water partition coefficient (Wildman–Crippen LogP) is 3.16. The molecule has 1 aliphatic rings. The van der Waals surface area contributed by atoms with Gasteiger partial charge >= 0.3 is 0 Å². The van der Waals surface area contributed by atoms with E-state index in [1.165, 1.54) is 31.3 Å². The van der Waals surface area contributed by atoms with Crippen molar-refractivity contribution in [3.8, 4) is 0 Å². The van der Waals surface area contributed by atoms with Crippen LogP contribution >= 0.6 is 0 Å². The Morgan fingerprint density at radius 3 is 2.25 bits per heavy atom. The first-order valence-electron chi connectivity index (χ1n) is 4.78. The SMILES string of the molecule is C=C1CCC(C(C)(C)OC)CC1. The van der Waals surface area contributed by atoms with Gasteiger partial charge < -0.3 is 4.74 Å². The van der Waals surface area contributed by atoms with Crippen molar-refractivity contribution in [1.29, 1.82) is 0 Å². The Morgan fingerprint density at radius 2 is 1.83 bits per heavy atom. The van der Waals surface area contributed by atoms with E-state index in [0.29, 0.717) is 5.92 Å². The first-order chi connectivity index (χ1) is 5.56. The van der Waals surface area contributed by atoms with E-state index in [4.69, 9.17) is 4.74 Å². The summed E-state index contributed by atoms with van der Waals surface area (Å²) < 4.78 is 5.48. The molecule has 0 aromatic rings. The second kappa shape index (κ2) is 3.61. The zero-order chi connectivity index (χ0) is 9.19. The largest absolute Gasteiger partial charge is 0.379 e. The molecule has 0 aromatic carbocycles. The molecule has 0 unspecified atom stereocenters. The number of hydrogen-bond donors (Lipinski definition) is 0. The summed E-state index contributed by atoms with van der Waals surface area (Å²) >= 11 is 0. The highest BCUT2D eigenvalue weighted by Gasteiger charge is 2.30. The molecule has 0 aromatic heterocycles. The van der Waals surface area contributed by atoms with Crippen molar-refractivity contribution in [2.45, 2.75) is 45.1 Å². The minimum absolute atomic E-state index is 0.0563. The fraction of sp³-hybridized carbons (Fsp3) is 0.818. The van der Waals surface area contributed by atoms with Crippen molar-refractivity contribution in [2.24, 2.45) is 5.92 Å². The van der Waals surface area contributed by atoms with E-state index < -0.39 is 0 Å². The zero-order valence-electron chi connectivity index (χ0n) is 8.52. The monoisotopic (exact) mass is 168 g/mol. The zero-order valence-corrected chi connectivity index (χ0v) is 8.52. The summed E-state index contributed by atoms with van der Waals surface area (Å²) in [4.78, 5) is 0. The Morgan fingerprint density at radius 1 is 1.33 bits per heavy atom. The molecular formula is C11H20O. The molecule has 1 saturated carbocycles. The van der Waals surface area contributed by atoms with Crippen molar-refractivity contribution in [1.82, 2.24) is 0 Å². The van der Waals surface area contributed by atoms with Crippen LogP contribution in [0.4, 0.5) is 0 Å². The molecule has 0 bridgehead atoms. The summed E-state index contributed by atoms with van der Waals surface area (Å²) in [6.07, 6.45) is 4.88. The number of methoxy groups -OCH3 is 1. The summed E-state index contributed by atoms with van der Waals surface area (Å²) in [6.45, 7) is 8.39. The molecule has 0 atom stereocenters. The summed E-state index contributed by atoms with van der Waals surface area (Å²) in [7, 11) is 1.81. The highest BCUT2D eigenvalue weighted by Crippen LogP contribution is 2.35. The molecule has 0 heterocycles. The van der Waals surface area contributed by atoms with Crippen molar-refractivity contribution < 1.29 is 4.74 Å². The van der Waals surface area contributed by atoms with E-state index in [0.717, 1.165) is 0 Å². The van der Waals surface area contributed by atoms with Crippen LogP contribution in [0.1, 0.15) is 39.5 Å². The van der Waals surface area contributed by atoms with Gasteiger partial charge in [0, 0.05) is 7.11 Å². The maximum Gasteiger partial charge on any atom is 0.0651 e. The molecule has 1 nitrogen and oxygen atoms in total. The summed E-state index contributed by atoms with van der Waals surface area (Å²) in [5.41, 5.74) is 1.47. The minimum atomic E-state index is 0.0563. The lowest BCUT2D eigenvalue weighted by Crippen LogP contribution is -2.34. The fourth-order valence-electron chi connectivity index (χ4n) is 1.89. The standard InChI is InChI=1S/C11H20O/c1-9-5-7-10(8-6-9)11(2,3)12-4/h10H,1,5-8H2,2-4H3. The average Bonchev–Trinajstić information content (AvgIpc) is 2.05. The van der Waals surface area contributed by atoms with E-state index in [-0.39, 0.29) is 5.60 Å². The molecule has 0 N–H and O–H groups in total. The van der Waals surface area contributed by atoms with E-state index >= 15 is 0 Å². The Kier molecular flexibility index (Phi) is 2.94. The third kappa shape index (κ3) is 2.10. The van der Waals surface area contributed by atoms with Gasteiger partial charge in [-0.3, -0.25) is 0 Å². The second-order valence-corrected chi connectivity index (χ2v) is 4.33. The van der Waals surface area contributed by atoms with E-state index in [9.17, 15) is 0 Å². The Labute approximate surface area is 75.8 Å². The minimum Gasteiger partial charge on any atom is -0.379 e. The molecule has 1 fully saturated rings. The lowest BCUT2D eigenvalue weighted by molar-refractivity contribution is -0.0365. The number of allylic oxidation sites excluding steroid dienone is 1. The maximum atomic E-state index is 5.48. The molecule has 1 rings (SSSR count). The van der Waals surface area contributed by atoms with Crippen LogP contribution in [0.25, 0.3) is 0 Å². The molecule has 1 heteroatoms. The van der Waals surface area contributed by atoms with Gasteiger partial charge in [-0.15, -0.1) is 0 Å². The quantitative estimate of drug-likeness (QED) is 0.575. The Hall–Kier alpha value is -0.300. The van der Waals surface area contributed by atoms with Crippen LogP contribution in [0.15, 0.2) is 12.2 Å². The lowest BCUT2D eigenvalue weighted by atomic mass is 9.77. The van der Waals surface area contributed by atoms with Gasteiger partial charge in [-0.1, -0.05) is 12.2 Å². The van der Waals surface area contributed by atoms with Gasteiger partial charge in [0.25, 0.3) is 0 Å². The smallest absolute Gasteiger partial charge is 0.0651 e. The molecule has 0 spiro atoms. The molecule has 0 aliphatic heterocycles. The third-order valence-electron chi connectivity index (χ3n) is 3.20. The van der Waals surface area contributed by atoms with Gasteiger partial charge in [0.05, 0.1) is 5.60 Å². The molecule has 12 heavy (non-hydrogen) atoms. The second-order valence-electron chi connectivity index (χ2n) is 4.33. The highest BCUT2D eigenvalue weighted by molar-refractivity contribution is 5.00. The van der Waals surface area contributed by atoms with Crippen LogP contribution in [0.2, 0.25) is 0 Å². The van der Waals surface area contributed by atoms with Gasteiger partial charge in [0.2, 0.25) is 0 Å². The van der Waals surface area contributed by atoms with Gasteiger partial charge in [-0.25, -0.2) is 0 Å². The first kappa shape index (κ1) is 9.79. The van der Waals surface area contributed by atoms with Gasteiger partial charge in [-0.05, 0) is 45.4 Å². The summed E-state index contributed by atoms with van der Waals surface area (Å²) in [6, 6.07) is 0. The molecule has 70 valence electrons. The fourth-order valence-corrected chi connectivity index (χ4v) is 1.89. The summed E-state index contributed by atoms with van der Waals surface area (Å²) in [5, 5.41) is 0. The normalized spacial score (nSPS) is 21.4. The van der Waals surface area contributed by atoms with Crippen LogP contribution in [-0.4, -0.2) is 12.7 Å². The average molecular weight is 168 g/mol. The van der Waals surface area contributed by atoms with Crippen molar-refractivity contribution in [3.05, 3.63) is 12.2 Å². The molecule has 0 radical (unpaired) electrons. The summed E-state index contributed by atoms with van der Waals surface area (Å²) in [5.74, 6) is 0.716. The molecule has 0 saturated heterocycles. The van der Waals surface area contributed by atoms with Gasteiger partial charge in [0.1, 0.15) is 0 Å². The Balaban J connectivity index is 2.49. The van der Waals surface area contributed by atoms with Crippen LogP contribution in [0, 0.1) is 5.92 Å². The molecule has 1 aliphatic carbocycles. The van der Waals surface area contributed by atoms with E-state index in [2.05, 4.69) is 20.4 Å². The van der Waals surface area contributed by atoms with Gasteiger partial charge in [0.15, 0.2) is 0 Å². The first-order valence-corrected chi connectivity index (χ1v) is 4.78. The van der Waals surface area contributed by atoms with E-state index in [1.807, 2.05) is 7.11 Å². The number of rotatable bonds is 2. The van der Waals surface area contributed by atoms with Crippen molar-refractivity contribution in [2.75, 3.05) is 7.11 Å². The van der Waals surface area contributed by atoms with Crippen molar-refractivity contribution in [3.63, 3.8) is 0 Å². The number of hydrogen-bond acceptors (Lipinski definition) is 1. The van der Waals surface area contributed by atoms with E-state index in [1.54, 1.807) is 0 Å². The van der Waals surface area contributed by atoms with Crippen LogP contribution in [0.3, 0.4) is 0 Å². The van der Waals surface area contributed by atoms with Crippen LogP contribution < -0.4 is 0 Å². The Bertz CT molecular complexity index is 160. The highest BCUT2D eigenvalue weighted by atomic mass is 16.5. The third-order valence-corrected chi connectivity index (χ3v) is 3.20.